The van der Waals surface area contributed by atoms with E-state index in [1.807, 2.05) is 0 Å². The lowest BCUT2D eigenvalue weighted by atomic mass is 10.1. The fraction of sp³-hybridized carbons (Fsp3) is 0.222. The second-order valence-corrected chi connectivity index (χ2v) is 8.90. The van der Waals surface area contributed by atoms with E-state index in [0.717, 1.165) is 11.3 Å². The number of methoxy groups -OCH3 is 2. The number of thiophene rings is 1. The number of carbonyl (C=O) groups is 1. The van der Waals surface area contributed by atoms with Gasteiger partial charge in [0, 0.05) is 12.5 Å². The Morgan fingerprint density at radius 2 is 1.90 bits per heavy atom. The number of nitrogens with zero attached hydrogens (tertiary/aromatic N) is 1. The Hall–Kier alpha value is -2.56. The number of aryl methyl sites for hydroxylation is 1. The van der Waals surface area contributed by atoms with Crippen LogP contribution in [0, 0.1) is 6.92 Å². The highest BCUT2D eigenvalue weighted by Crippen LogP contribution is 2.31. The zero-order chi connectivity index (χ0) is 21.2. The first kappa shape index (κ1) is 21.2. The standard InChI is InChI=1S/C18H17ClN2O6S2/c1-10-16(19)18(27-20-10)21-29(23,24)15-4-5-28-17(15)14(22)8-11-6-12(25-2)9-13(7-11)26-3/h4-7,9,21H,8H2,1-3H3. The molecule has 1 N–H and O–H groups in total. The SMILES string of the molecule is COc1cc(CC(=O)c2sccc2S(=O)(=O)Nc2onc(C)c2Cl)cc(OC)c1. The van der Waals surface area contributed by atoms with Crippen LogP contribution in [0.25, 0.3) is 0 Å². The van der Waals surface area contributed by atoms with Crippen molar-refractivity contribution in [3.8, 4) is 11.5 Å². The first-order valence-electron chi connectivity index (χ1n) is 8.22. The minimum absolute atomic E-state index is 0.0290. The molecule has 0 atom stereocenters. The van der Waals surface area contributed by atoms with Crippen molar-refractivity contribution in [1.82, 2.24) is 5.16 Å². The van der Waals surface area contributed by atoms with E-state index in [4.69, 9.17) is 25.6 Å². The number of hydrogen-bond acceptors (Lipinski definition) is 8. The average Bonchev–Trinajstić information content (AvgIpc) is 3.31. The van der Waals surface area contributed by atoms with E-state index < -0.39 is 10.0 Å². The van der Waals surface area contributed by atoms with Crippen molar-refractivity contribution in [2.75, 3.05) is 18.9 Å². The Morgan fingerprint density at radius 3 is 2.45 bits per heavy atom. The fourth-order valence-electron chi connectivity index (χ4n) is 2.55. The average molecular weight is 457 g/mol. The predicted octanol–water partition coefficient (Wildman–Crippen LogP) is 3.94. The minimum atomic E-state index is -4.10. The summed E-state index contributed by atoms with van der Waals surface area (Å²) >= 11 is 7.00. The molecule has 0 spiro atoms. The summed E-state index contributed by atoms with van der Waals surface area (Å²) in [4.78, 5) is 12.8. The number of halogens is 1. The number of Topliss-reactive ketones (excluding diaryl/α,β-unsaturated/α-hetero) is 1. The van der Waals surface area contributed by atoms with Crippen molar-refractivity contribution in [2.24, 2.45) is 0 Å². The second-order valence-electron chi connectivity index (χ2n) is 5.95. The maximum atomic E-state index is 12.8. The second kappa shape index (κ2) is 8.44. The highest BCUT2D eigenvalue weighted by molar-refractivity contribution is 7.93. The number of nitrogens with one attached hydrogen (secondary N) is 1. The van der Waals surface area contributed by atoms with E-state index in [-0.39, 0.29) is 32.9 Å². The van der Waals surface area contributed by atoms with Gasteiger partial charge in [-0.1, -0.05) is 16.8 Å². The van der Waals surface area contributed by atoms with Crippen LogP contribution in [0.1, 0.15) is 20.9 Å². The molecule has 154 valence electrons. The summed E-state index contributed by atoms with van der Waals surface area (Å²) in [5, 5.41) is 5.19. The van der Waals surface area contributed by atoms with Crippen molar-refractivity contribution in [2.45, 2.75) is 18.2 Å². The molecule has 0 amide bonds. The van der Waals surface area contributed by atoms with Crippen LogP contribution in [-0.2, 0) is 16.4 Å². The number of rotatable bonds is 8. The molecule has 0 saturated carbocycles. The summed E-state index contributed by atoms with van der Waals surface area (Å²) in [5.41, 5.74) is 0.975. The molecule has 0 bridgehead atoms. The van der Waals surface area contributed by atoms with Gasteiger partial charge in [-0.3, -0.25) is 4.79 Å². The normalized spacial score (nSPS) is 11.3. The number of carbonyl (C=O) groups excluding carboxylic acids is 1. The summed E-state index contributed by atoms with van der Waals surface area (Å²) in [6.45, 7) is 1.57. The molecular formula is C18H17ClN2O6S2. The summed E-state index contributed by atoms with van der Waals surface area (Å²) in [5.74, 6) is 0.494. The van der Waals surface area contributed by atoms with Crippen molar-refractivity contribution in [1.29, 1.82) is 0 Å². The highest BCUT2D eigenvalue weighted by atomic mass is 35.5. The molecule has 0 fully saturated rings. The van der Waals surface area contributed by atoms with E-state index in [1.165, 1.54) is 25.7 Å². The first-order chi connectivity index (χ1) is 13.7. The third-order valence-corrected chi connectivity index (χ3v) is 6.87. The van der Waals surface area contributed by atoms with Gasteiger partial charge in [0.05, 0.1) is 19.1 Å². The molecule has 0 aliphatic heterocycles. The summed E-state index contributed by atoms with van der Waals surface area (Å²) < 4.78 is 43.1. The van der Waals surface area contributed by atoms with Crippen LogP contribution in [0.3, 0.4) is 0 Å². The number of aromatic nitrogens is 1. The van der Waals surface area contributed by atoms with E-state index >= 15 is 0 Å². The summed E-state index contributed by atoms with van der Waals surface area (Å²) in [7, 11) is -1.09. The van der Waals surface area contributed by atoms with Crippen LogP contribution in [0.15, 0.2) is 39.1 Å². The molecular weight excluding hydrogens is 440 g/mol. The number of ether oxygens (including phenoxy) is 2. The largest absolute Gasteiger partial charge is 0.497 e. The van der Waals surface area contributed by atoms with Gasteiger partial charge < -0.3 is 14.0 Å². The number of anilines is 1. The van der Waals surface area contributed by atoms with Crippen molar-refractivity contribution < 1.29 is 27.2 Å². The van der Waals surface area contributed by atoms with Crippen molar-refractivity contribution in [3.63, 3.8) is 0 Å². The fourth-order valence-corrected chi connectivity index (χ4v) is 5.10. The van der Waals surface area contributed by atoms with Gasteiger partial charge in [0.15, 0.2) is 5.78 Å². The van der Waals surface area contributed by atoms with Crippen molar-refractivity contribution in [3.05, 3.63) is 50.8 Å². The van der Waals surface area contributed by atoms with Gasteiger partial charge in [0.2, 0.25) is 0 Å². The van der Waals surface area contributed by atoms with E-state index in [2.05, 4.69) is 9.88 Å². The Kier molecular flexibility index (Phi) is 6.15. The molecule has 29 heavy (non-hydrogen) atoms. The molecule has 3 aromatic rings. The highest BCUT2D eigenvalue weighted by Gasteiger charge is 2.27. The molecule has 11 heteroatoms. The lowest BCUT2D eigenvalue weighted by Crippen LogP contribution is -2.16. The van der Waals surface area contributed by atoms with Gasteiger partial charge >= 0.3 is 0 Å². The minimum Gasteiger partial charge on any atom is -0.497 e. The van der Waals surface area contributed by atoms with Crippen LogP contribution >= 0.6 is 22.9 Å². The number of hydrogen-bond donors (Lipinski definition) is 1. The molecule has 0 unspecified atom stereocenters. The molecule has 2 aromatic heterocycles. The lowest BCUT2D eigenvalue weighted by Gasteiger charge is -2.09. The topological polar surface area (TPSA) is 108 Å². The van der Waals surface area contributed by atoms with Crippen LogP contribution < -0.4 is 14.2 Å². The van der Waals surface area contributed by atoms with Gasteiger partial charge in [-0.15, -0.1) is 11.3 Å². The molecule has 0 saturated heterocycles. The zero-order valence-corrected chi connectivity index (χ0v) is 18.1. The van der Waals surface area contributed by atoms with E-state index in [9.17, 15) is 13.2 Å². The van der Waals surface area contributed by atoms with Gasteiger partial charge in [0.25, 0.3) is 15.9 Å². The Morgan fingerprint density at radius 1 is 1.24 bits per heavy atom. The summed E-state index contributed by atoms with van der Waals surface area (Å²) in [6.07, 6.45) is -0.0290. The zero-order valence-electron chi connectivity index (χ0n) is 15.7. The molecule has 2 heterocycles. The van der Waals surface area contributed by atoms with Gasteiger partial charge in [-0.25, -0.2) is 13.1 Å². The van der Waals surface area contributed by atoms with Crippen LogP contribution in [-0.4, -0.2) is 33.6 Å². The number of sulfonamides is 1. The Labute approximate surface area is 176 Å². The van der Waals surface area contributed by atoms with Gasteiger partial charge in [0.1, 0.15) is 27.1 Å². The number of benzene rings is 1. The third kappa shape index (κ3) is 4.55. The first-order valence-corrected chi connectivity index (χ1v) is 11.0. The quantitative estimate of drug-likeness (QED) is 0.511. The van der Waals surface area contributed by atoms with Crippen LogP contribution in [0.5, 0.6) is 11.5 Å². The monoisotopic (exact) mass is 456 g/mol. The molecule has 3 rings (SSSR count). The Balaban J connectivity index is 1.87. The predicted molar refractivity (Wildman–Crippen MR) is 109 cm³/mol. The molecule has 0 aliphatic rings. The van der Waals surface area contributed by atoms with Crippen LogP contribution in [0.4, 0.5) is 5.88 Å². The van der Waals surface area contributed by atoms with E-state index in [0.29, 0.717) is 22.8 Å². The molecule has 8 nitrogen and oxygen atoms in total. The molecule has 0 aliphatic carbocycles. The van der Waals surface area contributed by atoms with Gasteiger partial charge in [-0.05, 0) is 36.1 Å². The molecule has 0 radical (unpaired) electrons. The van der Waals surface area contributed by atoms with Gasteiger partial charge in [-0.2, -0.15) is 0 Å². The number of ketones is 1. The third-order valence-electron chi connectivity index (χ3n) is 3.97. The van der Waals surface area contributed by atoms with E-state index in [1.54, 1.807) is 25.1 Å². The molecule has 1 aromatic carbocycles. The van der Waals surface area contributed by atoms with Crippen LogP contribution in [0.2, 0.25) is 5.02 Å². The maximum Gasteiger partial charge on any atom is 0.265 e. The Bertz CT molecular complexity index is 1130. The van der Waals surface area contributed by atoms with Crippen molar-refractivity contribution >= 4 is 44.6 Å². The lowest BCUT2D eigenvalue weighted by molar-refractivity contribution is 0.0994. The smallest absolute Gasteiger partial charge is 0.265 e. The maximum absolute atomic E-state index is 12.8. The summed E-state index contributed by atoms with van der Waals surface area (Å²) in [6, 6.07) is 6.42.